The number of hydrogen-bond acceptors (Lipinski definition) is 8. The van der Waals surface area contributed by atoms with Gasteiger partial charge in [-0.3, -0.25) is 14.2 Å². The lowest BCUT2D eigenvalue weighted by Crippen LogP contribution is -2.37. The minimum absolute atomic E-state index is 0.0285. The summed E-state index contributed by atoms with van der Waals surface area (Å²) in [5.74, 6) is -0.814. The van der Waals surface area contributed by atoms with Gasteiger partial charge >= 0.3 is 11.9 Å². The van der Waals surface area contributed by atoms with Gasteiger partial charge in [0.15, 0.2) is 6.10 Å². The van der Waals surface area contributed by atoms with E-state index in [1.54, 1.807) is 0 Å². The molecule has 0 spiro atoms. The molecule has 0 aliphatic heterocycles. The summed E-state index contributed by atoms with van der Waals surface area (Å²) in [6.45, 7) is 4.30. The van der Waals surface area contributed by atoms with Gasteiger partial charge in [-0.15, -0.1) is 0 Å². The van der Waals surface area contributed by atoms with Crippen molar-refractivity contribution in [3.63, 3.8) is 0 Å². The fraction of sp³-hybridized carbons (Fsp3) is 0.886. The molecule has 0 aromatic heterocycles. The Bertz CT molecular complexity index is 1440. The van der Waals surface area contributed by atoms with E-state index in [2.05, 4.69) is 50.3 Å². The molecule has 10 heteroatoms. The summed E-state index contributed by atoms with van der Waals surface area (Å²) < 4.78 is 34.3. The first-order valence-corrected chi connectivity index (χ1v) is 36.2. The quantitative estimate of drug-likeness (QED) is 0.0195. The molecule has 0 amide bonds. The van der Waals surface area contributed by atoms with Crippen molar-refractivity contribution in [3.05, 3.63) is 36.5 Å². The summed E-state index contributed by atoms with van der Waals surface area (Å²) in [5, 5.41) is 0. The van der Waals surface area contributed by atoms with Crippen LogP contribution in [0, 0.1) is 0 Å². The molecule has 0 saturated heterocycles. The zero-order valence-electron chi connectivity index (χ0n) is 53.8. The average Bonchev–Trinajstić information content (AvgIpc) is 3.42. The molecular formula is C70H134NO8P. The standard InChI is InChI=1S/C70H134NO8P/c1-6-8-10-12-14-16-18-20-22-24-26-28-30-32-34-35-37-39-41-43-45-47-49-51-53-55-57-59-61-63-70(73)79-68(67-78-80(74,75)77-65-64-71(3,4)5)66-76-69(72)62-60-58-56-54-52-50-48-46-44-42-40-38-36-33-31-29-27-25-23-21-19-17-15-13-11-9-7-2/h18,20,24,26,30,32,68H,6-17,19,21-23,25,27-29,31,33-67H2,1-5H3/b20-18-,26-24-,32-30-. The number of likely N-dealkylation sites (N-methyl/N-ethyl adjacent to an activating group) is 1. The van der Waals surface area contributed by atoms with Gasteiger partial charge in [-0.25, -0.2) is 0 Å². The van der Waals surface area contributed by atoms with Crippen LogP contribution in [0.15, 0.2) is 36.5 Å². The molecule has 0 fully saturated rings. The predicted octanol–water partition coefficient (Wildman–Crippen LogP) is 21.6. The Hall–Kier alpha value is -1.77. The van der Waals surface area contributed by atoms with Gasteiger partial charge in [0.2, 0.25) is 0 Å². The van der Waals surface area contributed by atoms with Crippen LogP contribution in [0.3, 0.4) is 0 Å². The van der Waals surface area contributed by atoms with Gasteiger partial charge in [-0.2, -0.15) is 0 Å². The maximum atomic E-state index is 12.9. The van der Waals surface area contributed by atoms with Crippen LogP contribution in [-0.2, 0) is 32.7 Å². The average molecular weight is 1150 g/mol. The van der Waals surface area contributed by atoms with Crippen LogP contribution >= 0.6 is 7.82 Å². The molecule has 0 rings (SSSR count). The topological polar surface area (TPSA) is 111 Å². The predicted molar refractivity (Wildman–Crippen MR) is 342 cm³/mol. The number of nitrogens with zero attached hydrogens (tertiary/aromatic N) is 1. The fourth-order valence-electron chi connectivity index (χ4n) is 10.3. The fourth-order valence-corrected chi connectivity index (χ4v) is 11.0. The number of allylic oxidation sites excluding steroid dienone is 6. The van der Waals surface area contributed by atoms with Crippen LogP contribution in [0.5, 0.6) is 0 Å². The molecule has 0 aliphatic carbocycles. The molecule has 0 N–H and O–H groups in total. The molecule has 0 aromatic carbocycles. The zero-order valence-corrected chi connectivity index (χ0v) is 54.7. The van der Waals surface area contributed by atoms with E-state index in [0.717, 1.165) is 51.4 Å². The van der Waals surface area contributed by atoms with E-state index >= 15 is 0 Å². The molecule has 2 atom stereocenters. The van der Waals surface area contributed by atoms with Crippen molar-refractivity contribution < 1.29 is 42.1 Å². The van der Waals surface area contributed by atoms with Gasteiger partial charge in [-0.05, 0) is 51.4 Å². The molecule has 0 bridgehead atoms. The number of carbonyl (C=O) groups is 2. The third-order valence-electron chi connectivity index (χ3n) is 15.7. The summed E-state index contributed by atoms with van der Waals surface area (Å²) in [7, 11) is 1.18. The monoisotopic (exact) mass is 1150 g/mol. The number of phosphoric acid groups is 1. The normalized spacial score (nSPS) is 13.3. The number of hydrogen-bond donors (Lipinski definition) is 0. The molecule has 0 heterocycles. The lowest BCUT2D eigenvalue weighted by atomic mass is 10.0. The maximum absolute atomic E-state index is 12.9. The Balaban J connectivity index is 4.02. The summed E-state index contributed by atoms with van der Waals surface area (Å²) in [6.07, 6.45) is 77.9. The molecule has 80 heavy (non-hydrogen) atoms. The highest BCUT2D eigenvalue weighted by Crippen LogP contribution is 2.38. The third-order valence-corrected chi connectivity index (χ3v) is 16.6. The van der Waals surface area contributed by atoms with Gasteiger partial charge in [-0.1, -0.05) is 320 Å². The number of unbranched alkanes of at least 4 members (excludes halogenated alkanes) is 45. The molecule has 0 aromatic rings. The van der Waals surface area contributed by atoms with Crippen molar-refractivity contribution in [1.29, 1.82) is 0 Å². The summed E-state index contributed by atoms with van der Waals surface area (Å²) in [6, 6.07) is 0. The van der Waals surface area contributed by atoms with E-state index in [0.29, 0.717) is 17.4 Å². The SMILES string of the molecule is CCCCCCC/C=C\C/C=C\C/C=C\CCCCCCCCCCCCCCCCC(=O)OC(COC(=O)CCCCCCCCCCCCCCCCCCCCCCCCCCCCC)COP(=O)([O-])OCC[N+](C)(C)C. The van der Waals surface area contributed by atoms with Crippen molar-refractivity contribution in [3.8, 4) is 0 Å². The van der Waals surface area contributed by atoms with Crippen LogP contribution in [-0.4, -0.2) is 70.0 Å². The number of carbonyl (C=O) groups excluding carboxylic acids is 2. The van der Waals surface area contributed by atoms with E-state index in [4.69, 9.17) is 18.5 Å². The van der Waals surface area contributed by atoms with Crippen molar-refractivity contribution in [1.82, 2.24) is 0 Å². The van der Waals surface area contributed by atoms with Crippen molar-refractivity contribution in [2.75, 3.05) is 47.5 Å². The number of esters is 2. The van der Waals surface area contributed by atoms with Crippen molar-refractivity contribution in [2.24, 2.45) is 0 Å². The van der Waals surface area contributed by atoms with Crippen LogP contribution < -0.4 is 4.89 Å². The number of rotatable bonds is 65. The van der Waals surface area contributed by atoms with Gasteiger partial charge in [0.25, 0.3) is 7.82 Å². The lowest BCUT2D eigenvalue weighted by molar-refractivity contribution is -0.870. The van der Waals surface area contributed by atoms with E-state index < -0.39 is 26.5 Å². The third kappa shape index (κ3) is 65.4. The van der Waals surface area contributed by atoms with Gasteiger partial charge in [0.05, 0.1) is 27.7 Å². The molecule has 472 valence electrons. The van der Waals surface area contributed by atoms with Gasteiger partial charge in [0, 0.05) is 12.8 Å². The number of quaternary nitrogens is 1. The Kier molecular flexibility index (Phi) is 60.4. The molecule has 9 nitrogen and oxygen atoms in total. The Morgan fingerprint density at radius 3 is 1.00 bits per heavy atom. The minimum atomic E-state index is -4.64. The van der Waals surface area contributed by atoms with E-state index in [-0.39, 0.29) is 32.0 Å². The molecule has 0 aliphatic rings. The minimum Gasteiger partial charge on any atom is -0.756 e. The lowest BCUT2D eigenvalue weighted by Gasteiger charge is -2.28. The summed E-state index contributed by atoms with van der Waals surface area (Å²) >= 11 is 0. The zero-order chi connectivity index (χ0) is 58.4. The first-order valence-electron chi connectivity index (χ1n) is 34.7. The first-order chi connectivity index (χ1) is 39.0. The number of ether oxygens (including phenoxy) is 2. The summed E-state index contributed by atoms with van der Waals surface area (Å²) in [5.41, 5.74) is 0. The maximum Gasteiger partial charge on any atom is 0.306 e. The highest BCUT2D eigenvalue weighted by molar-refractivity contribution is 7.45. The van der Waals surface area contributed by atoms with Gasteiger partial charge < -0.3 is 27.9 Å². The van der Waals surface area contributed by atoms with Crippen LogP contribution in [0.1, 0.15) is 348 Å². The molecular weight excluding hydrogens is 1010 g/mol. The van der Waals surface area contributed by atoms with Crippen molar-refractivity contribution in [2.45, 2.75) is 354 Å². The van der Waals surface area contributed by atoms with Crippen LogP contribution in [0.2, 0.25) is 0 Å². The summed E-state index contributed by atoms with van der Waals surface area (Å²) in [4.78, 5) is 38.0. The highest BCUT2D eigenvalue weighted by Gasteiger charge is 2.22. The Morgan fingerprint density at radius 2 is 0.675 bits per heavy atom. The van der Waals surface area contributed by atoms with E-state index in [1.165, 1.54) is 263 Å². The number of phosphoric ester groups is 1. The van der Waals surface area contributed by atoms with Crippen molar-refractivity contribution >= 4 is 19.8 Å². The second kappa shape index (κ2) is 61.8. The Morgan fingerprint density at radius 1 is 0.388 bits per heavy atom. The second-order valence-electron chi connectivity index (χ2n) is 24.9. The van der Waals surface area contributed by atoms with Crippen LogP contribution in [0.4, 0.5) is 0 Å². The van der Waals surface area contributed by atoms with Gasteiger partial charge in [0.1, 0.15) is 19.8 Å². The van der Waals surface area contributed by atoms with Crippen LogP contribution in [0.25, 0.3) is 0 Å². The Labute approximate surface area is 497 Å². The largest absolute Gasteiger partial charge is 0.756 e. The highest BCUT2D eigenvalue weighted by atomic mass is 31.2. The smallest absolute Gasteiger partial charge is 0.306 e. The second-order valence-corrected chi connectivity index (χ2v) is 26.3. The molecule has 0 radical (unpaired) electrons. The van der Waals surface area contributed by atoms with E-state index in [1.807, 2.05) is 21.1 Å². The molecule has 2 unspecified atom stereocenters. The first kappa shape index (κ1) is 78.2. The molecule has 0 saturated carbocycles. The van der Waals surface area contributed by atoms with E-state index in [9.17, 15) is 19.0 Å².